The lowest BCUT2D eigenvalue weighted by Gasteiger charge is -2.29. The van der Waals surface area contributed by atoms with Crippen LogP contribution in [0.4, 0.5) is 0 Å². The fraction of sp³-hybridized carbons (Fsp3) is 1.00. The summed E-state index contributed by atoms with van der Waals surface area (Å²) in [6.07, 6.45) is 11.0. The molecule has 94 valence electrons. The Labute approximate surface area is 99.8 Å². The van der Waals surface area contributed by atoms with Gasteiger partial charge in [0.05, 0.1) is 5.60 Å². The van der Waals surface area contributed by atoms with E-state index in [-0.39, 0.29) is 0 Å². The van der Waals surface area contributed by atoms with Gasteiger partial charge in [-0.3, -0.25) is 0 Å². The Kier molecular flexibility index (Phi) is 4.26. The summed E-state index contributed by atoms with van der Waals surface area (Å²) in [7, 11) is 0. The Morgan fingerprint density at radius 2 is 1.75 bits per heavy atom. The third-order valence-corrected chi connectivity index (χ3v) is 4.59. The smallest absolute Gasteiger partial charge is 0.0771 e. The van der Waals surface area contributed by atoms with Crippen LogP contribution in [0.2, 0.25) is 0 Å². The van der Waals surface area contributed by atoms with E-state index >= 15 is 0 Å². The van der Waals surface area contributed by atoms with Gasteiger partial charge in [0, 0.05) is 12.6 Å². The molecule has 2 heteroatoms. The molecule has 2 saturated carbocycles. The summed E-state index contributed by atoms with van der Waals surface area (Å²) in [6.45, 7) is 3.16. The van der Waals surface area contributed by atoms with Crippen molar-refractivity contribution in [2.45, 2.75) is 76.4 Å². The van der Waals surface area contributed by atoms with Crippen molar-refractivity contribution in [1.82, 2.24) is 5.32 Å². The van der Waals surface area contributed by atoms with Crippen LogP contribution < -0.4 is 5.32 Å². The molecule has 0 bridgehead atoms. The maximum Gasteiger partial charge on any atom is 0.0771 e. The lowest BCUT2D eigenvalue weighted by atomic mass is 9.93. The van der Waals surface area contributed by atoms with Gasteiger partial charge < -0.3 is 10.4 Å². The van der Waals surface area contributed by atoms with Gasteiger partial charge in [-0.1, -0.05) is 39.0 Å². The van der Waals surface area contributed by atoms with Crippen LogP contribution >= 0.6 is 0 Å². The number of nitrogens with one attached hydrogen (secondary N) is 1. The van der Waals surface area contributed by atoms with Crippen molar-refractivity contribution >= 4 is 0 Å². The first kappa shape index (κ1) is 12.4. The van der Waals surface area contributed by atoms with E-state index in [1.165, 1.54) is 44.9 Å². The molecule has 2 nitrogen and oxygen atoms in total. The van der Waals surface area contributed by atoms with Gasteiger partial charge in [0.15, 0.2) is 0 Å². The van der Waals surface area contributed by atoms with Gasteiger partial charge in [-0.2, -0.15) is 0 Å². The maximum absolute atomic E-state index is 10.5. The molecular weight excluding hydrogens is 198 g/mol. The summed E-state index contributed by atoms with van der Waals surface area (Å²) < 4.78 is 0. The predicted molar refractivity (Wildman–Crippen MR) is 67.5 cm³/mol. The van der Waals surface area contributed by atoms with E-state index in [0.29, 0.717) is 6.04 Å². The molecule has 0 saturated heterocycles. The van der Waals surface area contributed by atoms with Crippen LogP contribution in [0.5, 0.6) is 0 Å². The van der Waals surface area contributed by atoms with Crippen molar-refractivity contribution in [3.8, 4) is 0 Å². The second-order valence-electron chi connectivity index (χ2n) is 6.03. The molecule has 2 unspecified atom stereocenters. The van der Waals surface area contributed by atoms with Gasteiger partial charge in [-0.05, 0) is 31.6 Å². The summed E-state index contributed by atoms with van der Waals surface area (Å²) in [5, 5.41) is 14.2. The number of hydrogen-bond acceptors (Lipinski definition) is 2. The molecule has 0 aromatic carbocycles. The highest BCUT2D eigenvalue weighted by molar-refractivity contribution is 4.87. The summed E-state index contributed by atoms with van der Waals surface area (Å²) in [5.74, 6) is 0.800. The van der Waals surface area contributed by atoms with Crippen LogP contribution in [0, 0.1) is 5.92 Å². The van der Waals surface area contributed by atoms with E-state index in [0.717, 1.165) is 25.3 Å². The molecule has 0 amide bonds. The van der Waals surface area contributed by atoms with Crippen molar-refractivity contribution in [1.29, 1.82) is 0 Å². The van der Waals surface area contributed by atoms with E-state index < -0.39 is 5.60 Å². The van der Waals surface area contributed by atoms with Gasteiger partial charge in [-0.25, -0.2) is 0 Å². The topological polar surface area (TPSA) is 32.3 Å². The summed E-state index contributed by atoms with van der Waals surface area (Å²) in [5.41, 5.74) is -0.404. The lowest BCUT2D eigenvalue weighted by molar-refractivity contribution is 0.0218. The highest BCUT2D eigenvalue weighted by Gasteiger charge is 2.30. The summed E-state index contributed by atoms with van der Waals surface area (Å²) in [4.78, 5) is 0. The second-order valence-corrected chi connectivity index (χ2v) is 6.03. The minimum Gasteiger partial charge on any atom is -0.389 e. The minimum absolute atomic E-state index is 0.404. The van der Waals surface area contributed by atoms with Crippen LogP contribution in [-0.4, -0.2) is 23.3 Å². The molecule has 0 heterocycles. The Morgan fingerprint density at radius 1 is 1.06 bits per heavy atom. The maximum atomic E-state index is 10.5. The van der Waals surface area contributed by atoms with Crippen LogP contribution in [0.15, 0.2) is 0 Å². The molecule has 16 heavy (non-hydrogen) atoms. The first-order valence-electron chi connectivity index (χ1n) is 7.15. The monoisotopic (exact) mass is 225 g/mol. The molecular formula is C14H27NO. The van der Waals surface area contributed by atoms with Gasteiger partial charge in [0.1, 0.15) is 0 Å². The van der Waals surface area contributed by atoms with Gasteiger partial charge >= 0.3 is 0 Å². The van der Waals surface area contributed by atoms with Crippen molar-refractivity contribution in [3.05, 3.63) is 0 Å². The van der Waals surface area contributed by atoms with E-state index in [1.807, 2.05) is 0 Å². The van der Waals surface area contributed by atoms with Crippen LogP contribution in [-0.2, 0) is 0 Å². The average molecular weight is 225 g/mol. The molecule has 0 aliphatic heterocycles. The molecule has 2 aliphatic carbocycles. The van der Waals surface area contributed by atoms with Gasteiger partial charge in [-0.15, -0.1) is 0 Å². The first-order valence-corrected chi connectivity index (χ1v) is 7.15. The third kappa shape index (κ3) is 3.21. The Morgan fingerprint density at radius 3 is 2.31 bits per heavy atom. The van der Waals surface area contributed by atoms with Gasteiger partial charge in [0.25, 0.3) is 0 Å². The fourth-order valence-corrected chi connectivity index (χ4v) is 3.33. The molecule has 0 aromatic rings. The van der Waals surface area contributed by atoms with Crippen LogP contribution in [0.25, 0.3) is 0 Å². The average Bonchev–Trinajstić information content (AvgIpc) is 2.54. The summed E-state index contributed by atoms with van der Waals surface area (Å²) in [6, 6.07) is 0.660. The molecule has 2 rings (SSSR count). The normalized spacial score (nSPS) is 34.9. The molecule has 0 radical (unpaired) electrons. The third-order valence-electron chi connectivity index (χ3n) is 4.59. The lowest BCUT2D eigenvalue weighted by Crippen LogP contribution is -2.45. The van der Waals surface area contributed by atoms with Crippen molar-refractivity contribution in [2.75, 3.05) is 6.54 Å². The molecule has 2 aliphatic rings. The zero-order chi connectivity index (χ0) is 11.4. The van der Waals surface area contributed by atoms with Crippen molar-refractivity contribution < 1.29 is 5.11 Å². The summed E-state index contributed by atoms with van der Waals surface area (Å²) >= 11 is 0. The highest BCUT2D eigenvalue weighted by atomic mass is 16.3. The quantitative estimate of drug-likeness (QED) is 0.724. The Hall–Kier alpha value is -0.0800. The van der Waals surface area contributed by atoms with Gasteiger partial charge in [0.2, 0.25) is 0 Å². The molecule has 2 fully saturated rings. The zero-order valence-electron chi connectivity index (χ0n) is 10.7. The van der Waals surface area contributed by atoms with E-state index in [1.54, 1.807) is 0 Å². The van der Waals surface area contributed by atoms with E-state index in [4.69, 9.17) is 0 Å². The minimum atomic E-state index is -0.404. The standard InChI is InChI=1S/C14H27NO/c1-12-7-6-8-13(12)15-11-14(16)9-4-2-3-5-10-14/h12-13,15-16H,2-11H2,1H3. The largest absolute Gasteiger partial charge is 0.389 e. The number of aliphatic hydroxyl groups is 1. The van der Waals surface area contributed by atoms with E-state index in [2.05, 4.69) is 12.2 Å². The van der Waals surface area contributed by atoms with Crippen molar-refractivity contribution in [2.24, 2.45) is 5.92 Å². The first-order chi connectivity index (χ1) is 7.70. The molecule has 0 spiro atoms. The fourth-order valence-electron chi connectivity index (χ4n) is 3.33. The van der Waals surface area contributed by atoms with Crippen LogP contribution in [0.1, 0.15) is 64.7 Å². The Balaban J connectivity index is 1.78. The van der Waals surface area contributed by atoms with E-state index in [9.17, 15) is 5.11 Å². The highest BCUT2D eigenvalue weighted by Crippen LogP contribution is 2.29. The molecule has 0 aromatic heterocycles. The molecule has 2 atom stereocenters. The van der Waals surface area contributed by atoms with Crippen LogP contribution in [0.3, 0.4) is 0 Å². The Bertz CT molecular complexity index is 209. The van der Waals surface area contributed by atoms with Crippen molar-refractivity contribution in [3.63, 3.8) is 0 Å². The second kappa shape index (κ2) is 5.50. The predicted octanol–water partition coefficient (Wildman–Crippen LogP) is 2.85. The zero-order valence-corrected chi connectivity index (χ0v) is 10.7. The molecule has 2 N–H and O–H groups in total. The number of rotatable bonds is 3. The number of hydrogen-bond donors (Lipinski definition) is 2. The SMILES string of the molecule is CC1CCCC1NCC1(O)CCCCCC1.